The van der Waals surface area contributed by atoms with Crippen molar-refractivity contribution in [3.63, 3.8) is 0 Å². The molecule has 2 amide bonds. The van der Waals surface area contributed by atoms with Crippen LogP contribution in [-0.2, 0) is 9.59 Å². The van der Waals surface area contributed by atoms with Crippen molar-refractivity contribution in [2.24, 2.45) is 11.5 Å². The summed E-state index contributed by atoms with van der Waals surface area (Å²) in [7, 11) is 0. The maximum atomic E-state index is 11.6. The van der Waals surface area contributed by atoms with Gasteiger partial charge in [-0.15, -0.1) is 0 Å². The molecule has 0 spiro atoms. The van der Waals surface area contributed by atoms with Gasteiger partial charge in [-0.25, -0.2) is 0 Å². The Balaban J connectivity index is 2.61. The molecular weight excluding hydrogens is 246 g/mol. The van der Waals surface area contributed by atoms with Crippen LogP contribution < -0.4 is 21.5 Å². The Bertz CT molecular complexity index is 460. The number of primary amides is 1. The van der Waals surface area contributed by atoms with E-state index in [1.165, 1.54) is 0 Å². The molecule has 1 rings (SSSR count). The van der Waals surface area contributed by atoms with E-state index in [4.69, 9.17) is 16.2 Å². The number of ether oxygens (including phenoxy) is 1. The summed E-state index contributed by atoms with van der Waals surface area (Å²) in [6, 6.07) is 5.14. The molecule has 104 valence electrons. The summed E-state index contributed by atoms with van der Waals surface area (Å²) in [4.78, 5) is 22.2. The van der Waals surface area contributed by atoms with E-state index < -0.39 is 5.91 Å². The minimum Gasteiger partial charge on any atom is -0.484 e. The van der Waals surface area contributed by atoms with Gasteiger partial charge in [0.2, 0.25) is 5.91 Å². The summed E-state index contributed by atoms with van der Waals surface area (Å²) < 4.78 is 5.17. The molecule has 0 unspecified atom stereocenters. The molecule has 0 atom stereocenters. The van der Waals surface area contributed by atoms with E-state index >= 15 is 0 Å². The first-order valence-electron chi connectivity index (χ1n) is 6.04. The van der Waals surface area contributed by atoms with Crippen molar-refractivity contribution < 1.29 is 14.3 Å². The Labute approximate surface area is 112 Å². The highest BCUT2D eigenvalue weighted by atomic mass is 16.5. The molecule has 0 radical (unpaired) electrons. The molecule has 0 heterocycles. The van der Waals surface area contributed by atoms with Crippen molar-refractivity contribution >= 4 is 17.5 Å². The van der Waals surface area contributed by atoms with Crippen molar-refractivity contribution in [1.82, 2.24) is 0 Å². The first-order valence-corrected chi connectivity index (χ1v) is 6.04. The van der Waals surface area contributed by atoms with Crippen LogP contribution in [0.25, 0.3) is 0 Å². The van der Waals surface area contributed by atoms with Crippen LogP contribution in [0.15, 0.2) is 18.2 Å². The second-order valence-corrected chi connectivity index (χ2v) is 4.17. The van der Waals surface area contributed by atoms with Crippen LogP contribution >= 0.6 is 0 Å². The first-order chi connectivity index (χ1) is 9.02. The fourth-order valence-corrected chi connectivity index (χ4v) is 1.50. The van der Waals surface area contributed by atoms with Gasteiger partial charge in [0, 0.05) is 12.1 Å². The van der Waals surface area contributed by atoms with Crippen LogP contribution in [-0.4, -0.2) is 25.0 Å². The van der Waals surface area contributed by atoms with Gasteiger partial charge in [0.25, 0.3) is 5.91 Å². The average molecular weight is 265 g/mol. The molecule has 6 nitrogen and oxygen atoms in total. The fourth-order valence-electron chi connectivity index (χ4n) is 1.50. The Kier molecular flexibility index (Phi) is 5.81. The van der Waals surface area contributed by atoms with Crippen molar-refractivity contribution in [3.05, 3.63) is 23.8 Å². The number of benzene rings is 1. The van der Waals surface area contributed by atoms with Gasteiger partial charge in [0.15, 0.2) is 6.61 Å². The van der Waals surface area contributed by atoms with Crippen molar-refractivity contribution in [2.75, 3.05) is 18.5 Å². The van der Waals surface area contributed by atoms with Gasteiger partial charge in [-0.1, -0.05) is 0 Å². The molecule has 1 aromatic carbocycles. The van der Waals surface area contributed by atoms with Crippen molar-refractivity contribution in [3.8, 4) is 5.75 Å². The van der Waals surface area contributed by atoms with E-state index in [-0.39, 0.29) is 12.5 Å². The Morgan fingerprint density at radius 1 is 1.37 bits per heavy atom. The van der Waals surface area contributed by atoms with E-state index in [2.05, 4.69) is 5.32 Å². The number of carbonyl (C=O) groups excluding carboxylic acids is 2. The predicted molar refractivity (Wildman–Crippen MR) is 72.8 cm³/mol. The molecular formula is C13H19N3O3. The third kappa shape index (κ3) is 5.39. The summed E-state index contributed by atoms with van der Waals surface area (Å²) in [6.07, 6.45) is 1.06. The molecule has 0 saturated carbocycles. The van der Waals surface area contributed by atoms with Gasteiger partial charge in [-0.05, 0) is 43.7 Å². The lowest BCUT2D eigenvalue weighted by molar-refractivity contribution is -0.120. The van der Waals surface area contributed by atoms with Gasteiger partial charge in [-0.2, -0.15) is 0 Å². The molecule has 6 heteroatoms. The van der Waals surface area contributed by atoms with E-state index in [0.717, 1.165) is 5.56 Å². The molecule has 5 N–H and O–H groups in total. The third-order valence-electron chi connectivity index (χ3n) is 2.46. The highest BCUT2D eigenvalue weighted by Crippen LogP contribution is 2.21. The van der Waals surface area contributed by atoms with Crippen LogP contribution in [0.2, 0.25) is 0 Å². The third-order valence-corrected chi connectivity index (χ3v) is 2.46. The highest BCUT2D eigenvalue weighted by molar-refractivity contribution is 5.91. The number of carbonyl (C=O) groups is 2. The van der Waals surface area contributed by atoms with Crippen LogP contribution in [0.3, 0.4) is 0 Å². The number of nitrogens with two attached hydrogens (primary N) is 2. The van der Waals surface area contributed by atoms with Crippen LogP contribution in [0.1, 0.15) is 18.4 Å². The molecule has 1 aromatic rings. The smallest absolute Gasteiger partial charge is 0.255 e. The molecule has 0 fully saturated rings. The normalized spacial score (nSPS) is 10.0. The predicted octanol–water partition coefficient (Wildman–Crippen LogP) is 0.537. The lowest BCUT2D eigenvalue weighted by Gasteiger charge is -2.10. The van der Waals surface area contributed by atoms with Gasteiger partial charge >= 0.3 is 0 Å². The summed E-state index contributed by atoms with van der Waals surface area (Å²) in [5, 5.41) is 2.80. The highest BCUT2D eigenvalue weighted by Gasteiger charge is 2.06. The van der Waals surface area contributed by atoms with Crippen LogP contribution in [0.4, 0.5) is 5.69 Å². The molecule has 19 heavy (non-hydrogen) atoms. The minimum atomic E-state index is -0.531. The van der Waals surface area contributed by atoms with Crippen molar-refractivity contribution in [2.45, 2.75) is 19.8 Å². The monoisotopic (exact) mass is 265 g/mol. The Hall–Kier alpha value is -2.08. The van der Waals surface area contributed by atoms with Gasteiger partial charge in [-0.3, -0.25) is 9.59 Å². The zero-order valence-corrected chi connectivity index (χ0v) is 10.9. The quantitative estimate of drug-likeness (QED) is 0.668. The largest absolute Gasteiger partial charge is 0.484 e. The zero-order chi connectivity index (χ0) is 14.3. The Morgan fingerprint density at radius 3 is 2.68 bits per heavy atom. The van der Waals surface area contributed by atoms with Crippen LogP contribution in [0, 0.1) is 6.92 Å². The number of hydrogen-bond acceptors (Lipinski definition) is 4. The zero-order valence-electron chi connectivity index (χ0n) is 10.9. The van der Waals surface area contributed by atoms with Crippen molar-refractivity contribution in [1.29, 1.82) is 0 Å². The molecule has 0 aliphatic rings. The van der Waals surface area contributed by atoms with E-state index in [9.17, 15) is 9.59 Å². The molecule has 0 bridgehead atoms. The second-order valence-electron chi connectivity index (χ2n) is 4.17. The Morgan fingerprint density at radius 2 is 2.11 bits per heavy atom. The molecule has 0 aliphatic carbocycles. The lowest BCUT2D eigenvalue weighted by atomic mass is 10.2. The van der Waals surface area contributed by atoms with Gasteiger partial charge < -0.3 is 21.5 Å². The number of aryl methyl sites for hydroxylation is 1. The number of anilines is 1. The van der Waals surface area contributed by atoms with E-state index in [1.54, 1.807) is 18.2 Å². The number of rotatable bonds is 7. The topological polar surface area (TPSA) is 107 Å². The van der Waals surface area contributed by atoms with E-state index in [0.29, 0.717) is 30.8 Å². The minimum absolute atomic E-state index is 0.0700. The summed E-state index contributed by atoms with van der Waals surface area (Å²) >= 11 is 0. The number of amides is 2. The maximum Gasteiger partial charge on any atom is 0.255 e. The lowest BCUT2D eigenvalue weighted by Crippen LogP contribution is -2.20. The number of hydrogen-bond donors (Lipinski definition) is 3. The second kappa shape index (κ2) is 7.38. The SMILES string of the molecule is Cc1cc(OCC(N)=O)ccc1NC(=O)CCCN. The van der Waals surface area contributed by atoms with E-state index in [1.807, 2.05) is 6.92 Å². The average Bonchev–Trinajstić information content (AvgIpc) is 2.36. The van der Waals surface area contributed by atoms with Crippen LogP contribution in [0.5, 0.6) is 5.75 Å². The molecule has 0 saturated heterocycles. The van der Waals surface area contributed by atoms with Gasteiger partial charge in [0.1, 0.15) is 5.75 Å². The maximum absolute atomic E-state index is 11.6. The molecule has 0 aliphatic heterocycles. The fraction of sp³-hybridized carbons (Fsp3) is 0.385. The molecule has 0 aromatic heterocycles. The van der Waals surface area contributed by atoms with Gasteiger partial charge in [0.05, 0.1) is 0 Å². The summed E-state index contributed by atoms with van der Waals surface area (Å²) in [5.74, 6) is -0.0626. The first kappa shape index (κ1) is 15.0. The standard InChI is InChI=1S/C13H19N3O3/c1-9-7-10(19-8-12(15)17)4-5-11(9)16-13(18)3-2-6-14/h4-5,7H,2-3,6,8,14H2,1H3,(H2,15,17)(H,16,18). The number of nitrogens with one attached hydrogen (secondary N) is 1. The summed E-state index contributed by atoms with van der Waals surface area (Å²) in [5.41, 5.74) is 11.9. The summed E-state index contributed by atoms with van der Waals surface area (Å²) in [6.45, 7) is 2.17.